The van der Waals surface area contributed by atoms with Crippen LogP contribution in [0.4, 0.5) is 0 Å². The minimum absolute atomic E-state index is 0.878. The molecule has 3 heteroatoms. The Labute approximate surface area is 51.3 Å². The van der Waals surface area contributed by atoms with Gasteiger partial charge in [-0.25, -0.2) is 0 Å². The van der Waals surface area contributed by atoms with Gasteiger partial charge in [0.25, 0.3) is 0 Å². The monoisotopic (exact) mass is 131 g/mol. The van der Waals surface area contributed by atoms with E-state index in [1.54, 1.807) is 23.5 Å². The van der Waals surface area contributed by atoms with Gasteiger partial charge in [-0.05, 0) is 10.8 Å². The molecule has 0 amide bonds. The summed E-state index contributed by atoms with van der Waals surface area (Å²) in [5, 5.41) is 4.08. The summed E-state index contributed by atoms with van der Waals surface area (Å²) in [6.07, 6.45) is 0. The Hall–Kier alpha value is 0.110. The van der Waals surface area contributed by atoms with Gasteiger partial charge in [-0.15, -0.1) is 11.8 Å². The second-order valence-corrected chi connectivity index (χ2v) is 2.61. The average molecular weight is 131 g/mol. The number of hydrogen-bond donors (Lipinski definition) is 0. The molecule has 0 bridgehead atoms. The Kier molecular flexibility index (Phi) is 2.37. The van der Waals surface area contributed by atoms with E-state index in [9.17, 15) is 0 Å². The molecule has 0 radical (unpaired) electrons. The molecule has 0 aliphatic carbocycles. The molecular weight excluding hydrogens is 126 g/mol. The van der Waals surface area contributed by atoms with Gasteiger partial charge in [0.15, 0.2) is 0 Å². The van der Waals surface area contributed by atoms with Crippen LogP contribution in [0, 0.1) is 0 Å². The van der Waals surface area contributed by atoms with Crippen LogP contribution in [0.3, 0.4) is 0 Å². The van der Waals surface area contributed by atoms with Crippen LogP contribution in [0.1, 0.15) is 0 Å². The molecule has 38 valence electrons. The fraction of sp³-hybridized carbons (Fsp3) is 0.250. The third-order valence-electron chi connectivity index (χ3n) is 0.515. The lowest BCUT2D eigenvalue weighted by molar-refractivity contribution is 1.42. The van der Waals surface area contributed by atoms with E-state index in [1.807, 2.05) is 11.0 Å². The van der Waals surface area contributed by atoms with Crippen molar-refractivity contribution in [2.24, 2.45) is 4.99 Å². The fourth-order valence-corrected chi connectivity index (χ4v) is 1.41. The molecule has 7 heavy (non-hydrogen) atoms. The minimum Gasteiger partial charge on any atom is -0.275 e. The van der Waals surface area contributed by atoms with Gasteiger partial charge >= 0.3 is 0 Å². The van der Waals surface area contributed by atoms with E-state index < -0.39 is 0 Å². The van der Waals surface area contributed by atoms with Crippen LogP contribution in [0.5, 0.6) is 0 Å². The van der Waals surface area contributed by atoms with E-state index in [0.29, 0.717) is 0 Å². The van der Waals surface area contributed by atoms with E-state index in [4.69, 9.17) is 0 Å². The first-order valence-electron chi connectivity index (χ1n) is 1.90. The SMILES string of the molecule is C1=CSCN=CS1. The maximum absolute atomic E-state index is 4.01. The Morgan fingerprint density at radius 1 is 1.43 bits per heavy atom. The highest BCUT2D eigenvalue weighted by Gasteiger charge is 1.80. The van der Waals surface area contributed by atoms with Crippen LogP contribution in [0.25, 0.3) is 0 Å². The molecular formula is C4H5NS2. The van der Waals surface area contributed by atoms with E-state index in [0.717, 1.165) is 5.88 Å². The number of nitrogens with zero attached hydrogens (tertiary/aromatic N) is 1. The molecule has 1 rings (SSSR count). The molecule has 0 unspecified atom stereocenters. The van der Waals surface area contributed by atoms with E-state index in [1.165, 1.54) is 0 Å². The van der Waals surface area contributed by atoms with Crippen LogP contribution in [0.15, 0.2) is 15.8 Å². The number of hydrogen-bond acceptors (Lipinski definition) is 3. The number of thioether (sulfide) groups is 2. The standard InChI is InChI=1S/C4H5NS2/c1-2-7-4-5-3-6-1/h1-3H,4H2. The van der Waals surface area contributed by atoms with Gasteiger partial charge in [0.05, 0.1) is 11.4 Å². The van der Waals surface area contributed by atoms with Gasteiger partial charge in [-0.1, -0.05) is 11.8 Å². The molecule has 1 heterocycles. The maximum atomic E-state index is 4.01. The topological polar surface area (TPSA) is 12.4 Å². The summed E-state index contributed by atoms with van der Waals surface area (Å²) in [6, 6.07) is 0. The highest BCUT2D eigenvalue weighted by Crippen LogP contribution is 2.10. The lowest BCUT2D eigenvalue weighted by atomic mass is 11.3. The highest BCUT2D eigenvalue weighted by atomic mass is 32.2. The van der Waals surface area contributed by atoms with Gasteiger partial charge in [0, 0.05) is 0 Å². The first-order chi connectivity index (χ1) is 3.50. The molecule has 0 saturated carbocycles. The van der Waals surface area contributed by atoms with Crippen LogP contribution >= 0.6 is 23.5 Å². The largest absolute Gasteiger partial charge is 0.275 e. The Morgan fingerprint density at radius 3 is 3.43 bits per heavy atom. The molecule has 0 fully saturated rings. The minimum atomic E-state index is 0.878. The number of rotatable bonds is 0. The zero-order valence-corrected chi connectivity index (χ0v) is 5.34. The van der Waals surface area contributed by atoms with E-state index in [-0.39, 0.29) is 0 Å². The van der Waals surface area contributed by atoms with Crippen LogP contribution < -0.4 is 0 Å². The van der Waals surface area contributed by atoms with Crippen molar-refractivity contribution in [2.75, 3.05) is 5.88 Å². The zero-order chi connectivity index (χ0) is 4.95. The first kappa shape index (κ1) is 5.25. The predicted octanol–water partition coefficient (Wildman–Crippen LogP) is 1.92. The molecule has 0 aromatic heterocycles. The highest BCUT2D eigenvalue weighted by molar-refractivity contribution is 8.15. The van der Waals surface area contributed by atoms with Crippen LogP contribution in [0.2, 0.25) is 0 Å². The van der Waals surface area contributed by atoms with Gasteiger partial charge < -0.3 is 0 Å². The fourth-order valence-electron chi connectivity index (χ4n) is 0.266. The van der Waals surface area contributed by atoms with Gasteiger partial charge in [0.2, 0.25) is 0 Å². The average Bonchev–Trinajstić information content (AvgIpc) is 1.90. The molecule has 0 atom stereocenters. The molecule has 0 aromatic carbocycles. The van der Waals surface area contributed by atoms with Crippen molar-refractivity contribution >= 4 is 29.1 Å². The Balaban J connectivity index is 2.38. The second kappa shape index (κ2) is 3.16. The third-order valence-corrected chi connectivity index (χ3v) is 1.88. The summed E-state index contributed by atoms with van der Waals surface area (Å²) in [6.45, 7) is 0. The molecule has 0 N–H and O–H groups in total. The van der Waals surface area contributed by atoms with Crippen molar-refractivity contribution in [3.05, 3.63) is 10.8 Å². The summed E-state index contributed by atoms with van der Waals surface area (Å²) < 4.78 is 0. The van der Waals surface area contributed by atoms with E-state index in [2.05, 4.69) is 10.4 Å². The maximum Gasteiger partial charge on any atom is 0.0890 e. The smallest absolute Gasteiger partial charge is 0.0890 e. The summed E-state index contributed by atoms with van der Waals surface area (Å²) in [5.41, 5.74) is 1.86. The Bertz CT molecular complexity index is 85.9. The summed E-state index contributed by atoms with van der Waals surface area (Å²) in [5.74, 6) is 0.878. The molecule has 0 saturated heterocycles. The summed E-state index contributed by atoms with van der Waals surface area (Å²) >= 11 is 3.34. The molecule has 1 aliphatic heterocycles. The Morgan fingerprint density at radius 2 is 2.43 bits per heavy atom. The van der Waals surface area contributed by atoms with Crippen molar-refractivity contribution in [3.8, 4) is 0 Å². The lowest BCUT2D eigenvalue weighted by Gasteiger charge is -1.77. The van der Waals surface area contributed by atoms with Crippen molar-refractivity contribution in [1.82, 2.24) is 0 Å². The van der Waals surface area contributed by atoms with E-state index >= 15 is 0 Å². The summed E-state index contributed by atoms with van der Waals surface area (Å²) in [7, 11) is 0. The molecule has 0 aromatic rings. The zero-order valence-electron chi connectivity index (χ0n) is 3.70. The van der Waals surface area contributed by atoms with Crippen molar-refractivity contribution in [1.29, 1.82) is 0 Å². The van der Waals surface area contributed by atoms with Crippen molar-refractivity contribution in [3.63, 3.8) is 0 Å². The first-order valence-corrected chi connectivity index (χ1v) is 3.90. The quantitative estimate of drug-likeness (QED) is 0.498. The lowest BCUT2D eigenvalue weighted by Crippen LogP contribution is -1.61. The van der Waals surface area contributed by atoms with Crippen LogP contribution in [-0.2, 0) is 0 Å². The normalized spacial score (nSPS) is 19.4. The molecule has 1 nitrogen and oxygen atoms in total. The van der Waals surface area contributed by atoms with Gasteiger partial charge in [0.1, 0.15) is 0 Å². The molecule has 1 aliphatic rings. The molecule has 0 spiro atoms. The van der Waals surface area contributed by atoms with Crippen LogP contribution in [-0.4, -0.2) is 11.4 Å². The van der Waals surface area contributed by atoms with Gasteiger partial charge in [-0.2, -0.15) is 0 Å². The van der Waals surface area contributed by atoms with Crippen molar-refractivity contribution in [2.45, 2.75) is 0 Å². The second-order valence-electron chi connectivity index (χ2n) is 0.992. The summed E-state index contributed by atoms with van der Waals surface area (Å²) in [4.78, 5) is 4.01. The van der Waals surface area contributed by atoms with Crippen molar-refractivity contribution < 1.29 is 0 Å². The van der Waals surface area contributed by atoms with Gasteiger partial charge in [-0.3, -0.25) is 4.99 Å². The number of aliphatic imine (C=N–C) groups is 1. The third kappa shape index (κ3) is 2.04. The predicted molar refractivity (Wildman–Crippen MR) is 37.7 cm³/mol.